The minimum absolute atomic E-state index is 0.0677. The molecule has 0 amide bonds. The van der Waals surface area contributed by atoms with Crippen LogP contribution in [-0.2, 0) is 6.54 Å². The molecule has 2 aromatic rings. The zero-order valence-electron chi connectivity index (χ0n) is 9.14. The van der Waals surface area contributed by atoms with Gasteiger partial charge >= 0.3 is 0 Å². The summed E-state index contributed by atoms with van der Waals surface area (Å²) in [7, 11) is 0. The quantitative estimate of drug-likeness (QED) is 0.741. The van der Waals surface area contributed by atoms with E-state index in [0.29, 0.717) is 17.7 Å². The van der Waals surface area contributed by atoms with Gasteiger partial charge in [0.15, 0.2) is 11.2 Å². The van der Waals surface area contributed by atoms with Gasteiger partial charge in [-0.25, -0.2) is 9.97 Å². The van der Waals surface area contributed by atoms with Crippen LogP contribution in [0.4, 0.5) is 0 Å². The lowest BCUT2D eigenvalue weighted by Crippen LogP contribution is -2.20. The van der Waals surface area contributed by atoms with Gasteiger partial charge < -0.3 is 4.57 Å². The van der Waals surface area contributed by atoms with E-state index in [0.717, 1.165) is 0 Å². The Bertz CT molecular complexity index is 538. The van der Waals surface area contributed by atoms with Crippen molar-refractivity contribution in [3.8, 4) is 0 Å². The van der Waals surface area contributed by atoms with E-state index in [4.69, 9.17) is 0 Å². The molecule has 0 fully saturated rings. The molecule has 0 aliphatic carbocycles. The Labute approximate surface area is 87.4 Å². The number of rotatable bonds is 2. The van der Waals surface area contributed by atoms with Crippen LogP contribution in [0.2, 0.25) is 0 Å². The summed E-state index contributed by atoms with van der Waals surface area (Å²) in [4.78, 5) is 20.2. The van der Waals surface area contributed by atoms with Gasteiger partial charge in [0.2, 0.25) is 0 Å². The topological polar surface area (TPSA) is 52.7 Å². The Morgan fingerprint density at radius 1 is 1.33 bits per heavy atom. The Morgan fingerprint density at radius 3 is 2.67 bits per heavy atom. The van der Waals surface area contributed by atoms with Gasteiger partial charge in [-0.05, 0) is 20.8 Å². The summed E-state index contributed by atoms with van der Waals surface area (Å²) in [5, 5.41) is 0. The Kier molecular flexibility index (Phi) is 2.30. The number of imidazole rings is 1. The van der Waals surface area contributed by atoms with Crippen LogP contribution >= 0.6 is 0 Å². The van der Waals surface area contributed by atoms with Crippen molar-refractivity contribution in [1.29, 1.82) is 0 Å². The lowest BCUT2D eigenvalue weighted by Gasteiger charge is -2.07. The summed E-state index contributed by atoms with van der Waals surface area (Å²) in [6, 6.07) is 0.263. The maximum atomic E-state index is 11.8. The summed E-state index contributed by atoms with van der Waals surface area (Å²) in [6.07, 6.45) is 3.24. The van der Waals surface area contributed by atoms with Gasteiger partial charge in [0.05, 0.1) is 6.33 Å². The number of hydrogen-bond acceptors (Lipinski definition) is 3. The predicted octanol–water partition coefficient (Wildman–Crippen LogP) is 1.19. The molecule has 0 aromatic carbocycles. The molecule has 0 saturated heterocycles. The summed E-state index contributed by atoms with van der Waals surface area (Å²) < 4.78 is 3.46. The molecular formula is C10H14N4O. The maximum absolute atomic E-state index is 11.8. The normalized spacial score (nSPS) is 11.5. The standard InChI is InChI=1S/C10H14N4O/c1-4-13-5-12-9-8(10(13)15)11-6-14(9)7(2)3/h5-7H,4H2,1-3H3. The van der Waals surface area contributed by atoms with Gasteiger partial charge in [0.1, 0.15) is 6.33 Å². The Morgan fingerprint density at radius 2 is 2.07 bits per heavy atom. The molecule has 0 aliphatic heterocycles. The zero-order valence-corrected chi connectivity index (χ0v) is 9.14. The molecule has 80 valence electrons. The van der Waals surface area contributed by atoms with Gasteiger partial charge in [0, 0.05) is 12.6 Å². The van der Waals surface area contributed by atoms with Gasteiger partial charge in [-0.1, -0.05) is 0 Å². The highest BCUT2D eigenvalue weighted by atomic mass is 16.1. The second-order valence-electron chi connectivity index (χ2n) is 3.75. The van der Waals surface area contributed by atoms with E-state index >= 15 is 0 Å². The maximum Gasteiger partial charge on any atom is 0.281 e. The van der Waals surface area contributed by atoms with Crippen molar-refractivity contribution in [2.75, 3.05) is 0 Å². The average Bonchev–Trinajstić information content (AvgIpc) is 2.62. The van der Waals surface area contributed by atoms with Crippen LogP contribution < -0.4 is 5.56 Å². The number of hydrogen-bond donors (Lipinski definition) is 0. The summed E-state index contributed by atoms with van der Waals surface area (Å²) in [5.41, 5.74) is 1.05. The van der Waals surface area contributed by atoms with Crippen molar-refractivity contribution >= 4 is 11.2 Å². The fourth-order valence-electron chi connectivity index (χ4n) is 1.55. The van der Waals surface area contributed by atoms with Crippen molar-refractivity contribution in [3.05, 3.63) is 23.0 Å². The smallest absolute Gasteiger partial charge is 0.281 e. The minimum Gasteiger partial charge on any atom is -0.313 e. The number of aromatic nitrogens is 4. The van der Waals surface area contributed by atoms with Crippen LogP contribution in [0.25, 0.3) is 11.2 Å². The van der Waals surface area contributed by atoms with Crippen LogP contribution in [0.5, 0.6) is 0 Å². The zero-order chi connectivity index (χ0) is 11.0. The first-order chi connectivity index (χ1) is 7.15. The first-order valence-electron chi connectivity index (χ1n) is 5.07. The lowest BCUT2D eigenvalue weighted by atomic mass is 10.4. The van der Waals surface area contributed by atoms with E-state index < -0.39 is 0 Å². The summed E-state index contributed by atoms with van der Waals surface area (Å²) in [6.45, 7) is 6.60. The lowest BCUT2D eigenvalue weighted by molar-refractivity contribution is 0.610. The third kappa shape index (κ3) is 1.44. The second kappa shape index (κ2) is 3.49. The molecule has 0 spiro atoms. The number of aryl methyl sites for hydroxylation is 1. The van der Waals surface area contributed by atoms with Gasteiger partial charge in [-0.3, -0.25) is 9.36 Å². The molecule has 2 heterocycles. The molecule has 2 aromatic heterocycles. The molecule has 0 radical (unpaired) electrons. The molecule has 0 saturated carbocycles. The van der Waals surface area contributed by atoms with E-state index in [1.54, 1.807) is 17.2 Å². The Hall–Kier alpha value is -1.65. The van der Waals surface area contributed by atoms with Crippen LogP contribution in [0.1, 0.15) is 26.8 Å². The monoisotopic (exact) mass is 206 g/mol. The third-order valence-electron chi connectivity index (χ3n) is 2.45. The van der Waals surface area contributed by atoms with E-state index in [1.165, 1.54) is 0 Å². The van der Waals surface area contributed by atoms with Crippen LogP contribution in [-0.4, -0.2) is 19.1 Å². The molecule has 0 aliphatic rings. The SMILES string of the molecule is CCn1cnc2c(ncn2C(C)C)c1=O. The highest BCUT2D eigenvalue weighted by Crippen LogP contribution is 2.11. The van der Waals surface area contributed by atoms with Gasteiger partial charge in [-0.2, -0.15) is 0 Å². The average molecular weight is 206 g/mol. The second-order valence-corrected chi connectivity index (χ2v) is 3.75. The number of nitrogens with zero attached hydrogens (tertiary/aromatic N) is 4. The van der Waals surface area contributed by atoms with E-state index in [2.05, 4.69) is 9.97 Å². The predicted molar refractivity (Wildman–Crippen MR) is 57.8 cm³/mol. The summed E-state index contributed by atoms with van der Waals surface area (Å²) in [5.74, 6) is 0. The van der Waals surface area contributed by atoms with Crippen molar-refractivity contribution in [3.63, 3.8) is 0 Å². The van der Waals surface area contributed by atoms with Crippen molar-refractivity contribution in [2.24, 2.45) is 0 Å². The largest absolute Gasteiger partial charge is 0.313 e. The highest BCUT2D eigenvalue weighted by molar-refractivity contribution is 5.69. The number of fused-ring (bicyclic) bond motifs is 1. The fraction of sp³-hybridized carbons (Fsp3) is 0.500. The van der Waals surface area contributed by atoms with E-state index in [-0.39, 0.29) is 11.6 Å². The molecule has 0 atom stereocenters. The van der Waals surface area contributed by atoms with Crippen LogP contribution in [0.3, 0.4) is 0 Å². The van der Waals surface area contributed by atoms with Crippen molar-refractivity contribution in [1.82, 2.24) is 19.1 Å². The first-order valence-corrected chi connectivity index (χ1v) is 5.07. The fourth-order valence-corrected chi connectivity index (χ4v) is 1.55. The van der Waals surface area contributed by atoms with Crippen molar-refractivity contribution in [2.45, 2.75) is 33.4 Å². The van der Waals surface area contributed by atoms with Gasteiger partial charge in [0.25, 0.3) is 5.56 Å². The summed E-state index contributed by atoms with van der Waals surface area (Å²) >= 11 is 0. The Balaban J connectivity index is 2.76. The molecule has 5 nitrogen and oxygen atoms in total. The van der Waals surface area contributed by atoms with Crippen molar-refractivity contribution < 1.29 is 0 Å². The molecule has 5 heteroatoms. The molecule has 0 unspecified atom stereocenters. The minimum atomic E-state index is -0.0677. The van der Waals surface area contributed by atoms with E-state index in [9.17, 15) is 4.79 Å². The first kappa shape index (κ1) is 9.89. The highest BCUT2D eigenvalue weighted by Gasteiger charge is 2.10. The van der Waals surface area contributed by atoms with Gasteiger partial charge in [-0.15, -0.1) is 0 Å². The molecule has 0 bridgehead atoms. The molecule has 0 N–H and O–H groups in total. The third-order valence-corrected chi connectivity index (χ3v) is 2.45. The van der Waals surface area contributed by atoms with Crippen LogP contribution in [0, 0.1) is 0 Å². The molecular weight excluding hydrogens is 192 g/mol. The van der Waals surface area contributed by atoms with E-state index in [1.807, 2.05) is 25.3 Å². The van der Waals surface area contributed by atoms with Crippen LogP contribution in [0.15, 0.2) is 17.4 Å². The molecule has 2 rings (SSSR count). The molecule has 15 heavy (non-hydrogen) atoms.